The van der Waals surface area contributed by atoms with Crippen molar-refractivity contribution >= 4 is 11.6 Å². The van der Waals surface area contributed by atoms with Gasteiger partial charge in [-0.15, -0.1) is 0 Å². The molecule has 0 saturated carbocycles. The summed E-state index contributed by atoms with van der Waals surface area (Å²) < 4.78 is 0. The van der Waals surface area contributed by atoms with Gasteiger partial charge in [0, 0.05) is 18.8 Å². The average molecular weight is 299 g/mol. The Labute approximate surface area is 132 Å². The molecular formula is C18H25N3O. The SMILES string of the molecule is O=C(CN1CCC2CNCC2C1)N1CCCc2ccccc21. The molecule has 0 bridgehead atoms. The average Bonchev–Trinajstić information content (AvgIpc) is 3.02. The van der Waals surface area contributed by atoms with E-state index in [1.54, 1.807) is 0 Å². The Kier molecular flexibility index (Phi) is 3.89. The minimum atomic E-state index is 0.275. The standard InChI is InChI=1S/C18H25N3O/c22-18(13-20-9-7-15-10-19-11-16(15)12-20)21-8-3-5-14-4-1-2-6-17(14)21/h1-2,4,6,15-16,19H,3,5,7-13H2. The zero-order chi connectivity index (χ0) is 14.9. The molecule has 2 atom stereocenters. The highest BCUT2D eigenvalue weighted by Gasteiger charge is 2.34. The van der Waals surface area contributed by atoms with Gasteiger partial charge in [-0.05, 0) is 62.4 Å². The van der Waals surface area contributed by atoms with Gasteiger partial charge < -0.3 is 10.2 Å². The summed E-state index contributed by atoms with van der Waals surface area (Å²) in [4.78, 5) is 17.2. The number of aryl methyl sites for hydroxylation is 1. The third-order valence-electron chi connectivity index (χ3n) is 5.56. The number of nitrogens with zero attached hydrogens (tertiary/aromatic N) is 2. The van der Waals surface area contributed by atoms with E-state index in [9.17, 15) is 4.79 Å². The summed E-state index contributed by atoms with van der Waals surface area (Å²) in [5, 5.41) is 3.49. The molecular weight excluding hydrogens is 274 g/mol. The van der Waals surface area contributed by atoms with Crippen LogP contribution >= 0.6 is 0 Å². The van der Waals surface area contributed by atoms with Crippen LogP contribution in [-0.4, -0.2) is 50.1 Å². The molecule has 2 fully saturated rings. The van der Waals surface area contributed by atoms with Crippen molar-refractivity contribution in [2.45, 2.75) is 19.3 Å². The number of rotatable bonds is 2. The smallest absolute Gasteiger partial charge is 0.241 e. The van der Waals surface area contributed by atoms with Gasteiger partial charge in [0.15, 0.2) is 0 Å². The summed E-state index contributed by atoms with van der Waals surface area (Å²) in [7, 11) is 0. The quantitative estimate of drug-likeness (QED) is 0.899. The van der Waals surface area contributed by atoms with Crippen molar-refractivity contribution in [2.75, 3.05) is 44.2 Å². The minimum absolute atomic E-state index is 0.275. The largest absolute Gasteiger partial charge is 0.316 e. The number of nitrogens with one attached hydrogen (secondary N) is 1. The molecule has 2 saturated heterocycles. The maximum Gasteiger partial charge on any atom is 0.241 e. The van der Waals surface area contributed by atoms with Crippen molar-refractivity contribution in [2.24, 2.45) is 11.8 Å². The lowest BCUT2D eigenvalue weighted by atomic mass is 9.89. The second-order valence-corrected chi connectivity index (χ2v) is 6.98. The Bertz CT molecular complexity index is 559. The van der Waals surface area contributed by atoms with Gasteiger partial charge in [0.25, 0.3) is 0 Å². The molecule has 1 N–H and O–H groups in total. The number of carbonyl (C=O) groups excluding carboxylic acids is 1. The lowest BCUT2D eigenvalue weighted by molar-refractivity contribution is -0.120. The monoisotopic (exact) mass is 299 g/mol. The van der Waals surface area contributed by atoms with Crippen molar-refractivity contribution < 1.29 is 4.79 Å². The molecule has 1 aromatic rings. The second-order valence-electron chi connectivity index (χ2n) is 6.98. The fraction of sp³-hybridized carbons (Fsp3) is 0.611. The van der Waals surface area contributed by atoms with E-state index < -0.39 is 0 Å². The summed E-state index contributed by atoms with van der Waals surface area (Å²) in [6.07, 6.45) is 3.41. The van der Waals surface area contributed by atoms with E-state index >= 15 is 0 Å². The Hall–Kier alpha value is -1.39. The lowest BCUT2D eigenvalue weighted by Gasteiger charge is -2.36. The van der Waals surface area contributed by atoms with E-state index in [2.05, 4.69) is 28.4 Å². The Balaban J connectivity index is 1.42. The molecule has 0 aromatic heterocycles. The molecule has 0 radical (unpaired) electrons. The predicted octanol–water partition coefficient (Wildman–Crippen LogP) is 1.51. The van der Waals surface area contributed by atoms with E-state index in [1.807, 2.05) is 11.0 Å². The predicted molar refractivity (Wildman–Crippen MR) is 88.0 cm³/mol. The van der Waals surface area contributed by atoms with Crippen molar-refractivity contribution in [3.63, 3.8) is 0 Å². The molecule has 2 unspecified atom stereocenters. The van der Waals surface area contributed by atoms with Crippen LogP contribution in [0.1, 0.15) is 18.4 Å². The first-order chi connectivity index (χ1) is 10.8. The van der Waals surface area contributed by atoms with Crippen LogP contribution in [0.15, 0.2) is 24.3 Å². The molecule has 4 rings (SSSR count). The van der Waals surface area contributed by atoms with Gasteiger partial charge in [-0.1, -0.05) is 18.2 Å². The maximum absolute atomic E-state index is 12.8. The number of carbonyl (C=O) groups is 1. The molecule has 22 heavy (non-hydrogen) atoms. The van der Waals surface area contributed by atoms with Gasteiger partial charge in [-0.3, -0.25) is 9.69 Å². The first kappa shape index (κ1) is 14.2. The lowest BCUT2D eigenvalue weighted by Crippen LogP contribution is -2.47. The van der Waals surface area contributed by atoms with Crippen LogP contribution in [0.25, 0.3) is 0 Å². The van der Waals surface area contributed by atoms with Crippen LogP contribution in [-0.2, 0) is 11.2 Å². The third-order valence-corrected chi connectivity index (χ3v) is 5.56. The maximum atomic E-state index is 12.8. The zero-order valence-electron chi connectivity index (χ0n) is 13.1. The Morgan fingerprint density at radius 2 is 2.05 bits per heavy atom. The number of para-hydroxylation sites is 1. The fourth-order valence-electron chi connectivity index (χ4n) is 4.32. The van der Waals surface area contributed by atoms with E-state index in [4.69, 9.17) is 0 Å². The van der Waals surface area contributed by atoms with Gasteiger partial charge in [-0.25, -0.2) is 0 Å². The third kappa shape index (κ3) is 2.66. The Morgan fingerprint density at radius 3 is 3.00 bits per heavy atom. The fourth-order valence-corrected chi connectivity index (χ4v) is 4.32. The summed E-state index contributed by atoms with van der Waals surface area (Å²) >= 11 is 0. The van der Waals surface area contributed by atoms with E-state index in [0.717, 1.165) is 56.5 Å². The molecule has 4 heteroatoms. The first-order valence-electron chi connectivity index (χ1n) is 8.62. The highest BCUT2D eigenvalue weighted by atomic mass is 16.2. The molecule has 1 aromatic carbocycles. The van der Waals surface area contributed by atoms with Gasteiger partial charge in [0.1, 0.15) is 0 Å². The van der Waals surface area contributed by atoms with Gasteiger partial charge in [0.05, 0.1) is 6.54 Å². The topological polar surface area (TPSA) is 35.6 Å². The van der Waals surface area contributed by atoms with Crippen LogP contribution in [0.2, 0.25) is 0 Å². The van der Waals surface area contributed by atoms with E-state index in [0.29, 0.717) is 6.54 Å². The minimum Gasteiger partial charge on any atom is -0.316 e. The van der Waals surface area contributed by atoms with Gasteiger partial charge in [-0.2, -0.15) is 0 Å². The number of benzene rings is 1. The van der Waals surface area contributed by atoms with E-state index in [-0.39, 0.29) is 5.91 Å². The molecule has 1 amide bonds. The van der Waals surface area contributed by atoms with Crippen molar-refractivity contribution in [1.82, 2.24) is 10.2 Å². The normalized spacial score (nSPS) is 28.3. The molecule has 3 heterocycles. The van der Waals surface area contributed by atoms with Gasteiger partial charge in [0.2, 0.25) is 5.91 Å². The molecule has 4 nitrogen and oxygen atoms in total. The summed E-state index contributed by atoms with van der Waals surface area (Å²) in [6.45, 7) is 5.91. The van der Waals surface area contributed by atoms with Crippen LogP contribution in [0.3, 0.4) is 0 Å². The molecule has 0 aliphatic carbocycles. The highest BCUT2D eigenvalue weighted by Crippen LogP contribution is 2.29. The second kappa shape index (κ2) is 6.01. The van der Waals surface area contributed by atoms with Crippen LogP contribution in [0.5, 0.6) is 0 Å². The number of hydrogen-bond acceptors (Lipinski definition) is 3. The number of hydrogen-bond donors (Lipinski definition) is 1. The number of amides is 1. The van der Waals surface area contributed by atoms with Crippen LogP contribution < -0.4 is 10.2 Å². The number of piperidine rings is 1. The summed E-state index contributed by atoms with van der Waals surface area (Å²) in [5.41, 5.74) is 2.46. The zero-order valence-corrected chi connectivity index (χ0v) is 13.1. The molecule has 3 aliphatic heterocycles. The van der Waals surface area contributed by atoms with Gasteiger partial charge >= 0.3 is 0 Å². The van der Waals surface area contributed by atoms with Crippen molar-refractivity contribution in [3.05, 3.63) is 29.8 Å². The van der Waals surface area contributed by atoms with Crippen LogP contribution in [0, 0.1) is 11.8 Å². The molecule has 3 aliphatic rings. The first-order valence-corrected chi connectivity index (χ1v) is 8.62. The van der Waals surface area contributed by atoms with E-state index in [1.165, 1.54) is 18.5 Å². The van der Waals surface area contributed by atoms with Crippen molar-refractivity contribution in [3.8, 4) is 0 Å². The Morgan fingerprint density at radius 1 is 1.18 bits per heavy atom. The number of anilines is 1. The molecule has 118 valence electrons. The number of likely N-dealkylation sites (tertiary alicyclic amines) is 1. The highest BCUT2D eigenvalue weighted by molar-refractivity contribution is 5.95. The van der Waals surface area contributed by atoms with Crippen molar-refractivity contribution in [1.29, 1.82) is 0 Å². The van der Waals surface area contributed by atoms with Crippen LogP contribution in [0.4, 0.5) is 5.69 Å². The number of fused-ring (bicyclic) bond motifs is 2. The summed E-state index contributed by atoms with van der Waals surface area (Å²) in [6, 6.07) is 8.37. The molecule has 0 spiro atoms. The summed E-state index contributed by atoms with van der Waals surface area (Å²) in [5.74, 6) is 1.86.